The number of rotatable bonds is 8. The summed E-state index contributed by atoms with van der Waals surface area (Å²) < 4.78 is 0. The van der Waals surface area contributed by atoms with E-state index in [0.717, 1.165) is 10.6 Å². The van der Waals surface area contributed by atoms with Gasteiger partial charge in [-0.3, -0.25) is 29.0 Å². The highest BCUT2D eigenvalue weighted by Crippen LogP contribution is 2.25. The Morgan fingerprint density at radius 2 is 1.88 bits per heavy atom. The highest BCUT2D eigenvalue weighted by molar-refractivity contribution is 5.98. The quantitative estimate of drug-likeness (QED) is 0.353. The Hall–Kier alpha value is -4.02. The van der Waals surface area contributed by atoms with Gasteiger partial charge in [0.15, 0.2) is 0 Å². The molecule has 0 bridgehead atoms. The van der Waals surface area contributed by atoms with Gasteiger partial charge in [-0.1, -0.05) is 30.3 Å². The number of nitrogens with zero attached hydrogens (tertiary/aromatic N) is 2. The number of amides is 4. The van der Waals surface area contributed by atoms with E-state index in [-0.39, 0.29) is 31.7 Å². The predicted molar refractivity (Wildman–Crippen MR) is 118 cm³/mol. The highest BCUT2D eigenvalue weighted by atomic mass is 16.4. The highest BCUT2D eigenvalue weighted by Gasteiger charge is 2.44. The molecule has 2 saturated heterocycles. The number of carbonyl (C=O) groups excluding carboxylic acids is 5. The van der Waals surface area contributed by atoms with Crippen molar-refractivity contribution in [2.75, 3.05) is 6.54 Å². The van der Waals surface area contributed by atoms with E-state index < -0.39 is 48.2 Å². The second-order valence-electron chi connectivity index (χ2n) is 8.05. The van der Waals surface area contributed by atoms with Crippen LogP contribution in [0.3, 0.4) is 0 Å². The summed E-state index contributed by atoms with van der Waals surface area (Å²) in [6.45, 7) is 0.231. The topological polar surface area (TPSA) is 153 Å². The van der Waals surface area contributed by atoms with Crippen molar-refractivity contribution in [2.45, 2.75) is 50.2 Å². The number of fused-ring (bicyclic) bond motifs is 1. The van der Waals surface area contributed by atoms with Crippen LogP contribution in [0.25, 0.3) is 6.08 Å². The molecule has 0 aliphatic carbocycles. The number of aliphatic carboxylic acids is 1. The molecule has 11 heteroatoms. The summed E-state index contributed by atoms with van der Waals surface area (Å²) in [5, 5.41) is 16.1. The van der Waals surface area contributed by atoms with Gasteiger partial charge in [0.2, 0.25) is 17.7 Å². The lowest BCUT2D eigenvalue weighted by Crippen LogP contribution is -2.64. The molecule has 2 fully saturated rings. The first-order valence-electron chi connectivity index (χ1n) is 10.9. The Kier molecular flexibility index (Phi) is 8.12. The van der Waals surface area contributed by atoms with E-state index >= 15 is 0 Å². The minimum absolute atomic E-state index is 0.0000970. The lowest BCUT2D eigenvalue weighted by molar-refractivity contribution is -0.176. The van der Waals surface area contributed by atoms with Crippen LogP contribution in [0.5, 0.6) is 0 Å². The van der Waals surface area contributed by atoms with E-state index in [4.69, 9.17) is 5.11 Å². The van der Waals surface area contributed by atoms with Gasteiger partial charge in [0.05, 0.1) is 12.5 Å². The number of benzene rings is 1. The predicted octanol–water partition coefficient (Wildman–Crippen LogP) is -0.129. The van der Waals surface area contributed by atoms with Gasteiger partial charge < -0.3 is 20.5 Å². The zero-order chi connectivity index (χ0) is 24.7. The molecule has 0 saturated carbocycles. The Morgan fingerprint density at radius 1 is 1.15 bits per heavy atom. The van der Waals surface area contributed by atoms with Crippen molar-refractivity contribution in [1.82, 2.24) is 20.7 Å². The van der Waals surface area contributed by atoms with Gasteiger partial charge in [0, 0.05) is 19.0 Å². The molecule has 0 spiro atoms. The smallest absolute Gasteiger partial charge is 0.305 e. The van der Waals surface area contributed by atoms with Crippen molar-refractivity contribution in [3.05, 3.63) is 42.0 Å². The molecule has 2 aliphatic heterocycles. The third-order valence-electron chi connectivity index (χ3n) is 5.59. The summed E-state index contributed by atoms with van der Waals surface area (Å²) in [4.78, 5) is 73.4. The number of carboxylic acid groups (broad SMARTS) is 1. The third-order valence-corrected chi connectivity index (χ3v) is 5.59. The number of aldehydes is 1. The third kappa shape index (κ3) is 6.06. The van der Waals surface area contributed by atoms with Crippen molar-refractivity contribution in [1.29, 1.82) is 0 Å². The molecular formula is C23H26N4O7. The molecule has 4 amide bonds. The number of hydrazine groups is 1. The van der Waals surface area contributed by atoms with Crippen LogP contribution in [0.1, 0.15) is 37.7 Å². The van der Waals surface area contributed by atoms with Crippen LogP contribution < -0.4 is 10.6 Å². The van der Waals surface area contributed by atoms with Gasteiger partial charge in [-0.15, -0.1) is 0 Å². The SMILES string of the molecule is O=CC(CC(=O)O)NC(=O)C1CCCN2C(=O)CCC(NC(=O)/C=C/c3ccccc3)C(=O)N12. The molecule has 2 aliphatic rings. The minimum atomic E-state index is -1.27. The first-order chi connectivity index (χ1) is 16.3. The zero-order valence-corrected chi connectivity index (χ0v) is 18.4. The lowest BCUT2D eigenvalue weighted by atomic mass is 10.0. The number of nitrogens with one attached hydrogen (secondary N) is 2. The number of carboxylic acids is 1. The van der Waals surface area contributed by atoms with Crippen LogP contribution in [-0.4, -0.2) is 75.7 Å². The summed E-state index contributed by atoms with van der Waals surface area (Å²) in [5.41, 5.74) is 0.796. The maximum absolute atomic E-state index is 13.3. The molecule has 0 radical (unpaired) electrons. The Bertz CT molecular complexity index is 994. The monoisotopic (exact) mass is 470 g/mol. The van der Waals surface area contributed by atoms with Gasteiger partial charge >= 0.3 is 5.97 Å². The molecule has 3 atom stereocenters. The second kappa shape index (κ2) is 11.2. The fraction of sp³-hybridized carbons (Fsp3) is 0.391. The Labute approximate surface area is 195 Å². The van der Waals surface area contributed by atoms with Crippen LogP contribution in [0.4, 0.5) is 0 Å². The standard InChI is InChI=1S/C23H26N4O7/c28-14-16(13-21(31)32)24-22(33)18-7-4-12-26-20(30)11-9-17(23(34)27(18)26)25-19(29)10-8-15-5-2-1-3-6-15/h1-3,5-6,8,10,14,16-18H,4,7,9,11-13H2,(H,24,33)(H,25,29)(H,31,32)/b10-8+. The van der Waals surface area contributed by atoms with E-state index in [0.29, 0.717) is 12.7 Å². The Morgan fingerprint density at radius 3 is 2.56 bits per heavy atom. The van der Waals surface area contributed by atoms with E-state index in [1.54, 1.807) is 6.08 Å². The van der Waals surface area contributed by atoms with E-state index in [9.17, 15) is 28.8 Å². The summed E-state index contributed by atoms with van der Waals surface area (Å²) in [5.74, 6) is -3.51. The van der Waals surface area contributed by atoms with E-state index in [1.807, 2.05) is 30.3 Å². The van der Waals surface area contributed by atoms with Crippen LogP contribution in [-0.2, 0) is 28.8 Å². The van der Waals surface area contributed by atoms with Crippen LogP contribution >= 0.6 is 0 Å². The molecule has 3 rings (SSSR count). The van der Waals surface area contributed by atoms with Crippen molar-refractivity contribution < 1.29 is 33.9 Å². The molecule has 3 N–H and O–H groups in total. The second-order valence-corrected chi connectivity index (χ2v) is 8.05. The minimum Gasteiger partial charge on any atom is -0.481 e. The summed E-state index contributed by atoms with van der Waals surface area (Å²) in [7, 11) is 0. The fourth-order valence-corrected chi connectivity index (χ4v) is 3.96. The first-order valence-corrected chi connectivity index (χ1v) is 10.9. The summed E-state index contributed by atoms with van der Waals surface area (Å²) in [6.07, 6.45) is 3.31. The van der Waals surface area contributed by atoms with Gasteiger partial charge in [0.25, 0.3) is 5.91 Å². The lowest BCUT2D eigenvalue weighted by Gasteiger charge is -2.43. The van der Waals surface area contributed by atoms with Gasteiger partial charge in [-0.2, -0.15) is 0 Å². The van der Waals surface area contributed by atoms with Crippen LogP contribution in [0, 0.1) is 0 Å². The van der Waals surface area contributed by atoms with E-state index in [2.05, 4.69) is 10.6 Å². The molecule has 1 aromatic rings. The zero-order valence-electron chi connectivity index (χ0n) is 18.4. The molecular weight excluding hydrogens is 444 g/mol. The van der Waals surface area contributed by atoms with Gasteiger partial charge in [0.1, 0.15) is 18.4 Å². The van der Waals surface area contributed by atoms with E-state index in [1.165, 1.54) is 11.1 Å². The maximum atomic E-state index is 13.3. The Balaban J connectivity index is 1.75. The van der Waals surface area contributed by atoms with Gasteiger partial charge in [-0.25, -0.2) is 5.01 Å². The molecule has 180 valence electrons. The largest absolute Gasteiger partial charge is 0.481 e. The first kappa shape index (κ1) is 24.6. The van der Waals surface area contributed by atoms with Crippen molar-refractivity contribution in [3.63, 3.8) is 0 Å². The molecule has 11 nitrogen and oxygen atoms in total. The molecule has 2 heterocycles. The molecule has 34 heavy (non-hydrogen) atoms. The normalized spacial score (nSPS) is 21.4. The maximum Gasteiger partial charge on any atom is 0.305 e. The van der Waals surface area contributed by atoms with Crippen molar-refractivity contribution in [2.24, 2.45) is 0 Å². The van der Waals surface area contributed by atoms with Crippen molar-refractivity contribution >= 4 is 42.0 Å². The average Bonchev–Trinajstić information content (AvgIpc) is 2.94. The molecule has 0 aromatic heterocycles. The number of hydrogen-bond donors (Lipinski definition) is 3. The van der Waals surface area contributed by atoms with Crippen LogP contribution in [0.15, 0.2) is 36.4 Å². The fourth-order valence-electron chi connectivity index (χ4n) is 3.96. The van der Waals surface area contributed by atoms with Crippen molar-refractivity contribution in [3.8, 4) is 0 Å². The van der Waals surface area contributed by atoms with Gasteiger partial charge in [-0.05, 0) is 30.9 Å². The molecule has 1 aromatic carbocycles. The molecule has 3 unspecified atom stereocenters. The van der Waals surface area contributed by atoms with Crippen LogP contribution in [0.2, 0.25) is 0 Å². The summed E-state index contributed by atoms with van der Waals surface area (Å²) in [6, 6.07) is 5.69. The summed E-state index contributed by atoms with van der Waals surface area (Å²) >= 11 is 0. The average molecular weight is 470 g/mol. The number of carbonyl (C=O) groups is 6. The number of hydrogen-bond acceptors (Lipinski definition) is 6.